The van der Waals surface area contributed by atoms with Crippen LogP contribution >= 0.6 is 0 Å². The number of esters is 1. The molecule has 148 valence electrons. The van der Waals surface area contributed by atoms with E-state index in [4.69, 9.17) is 9.47 Å². The van der Waals surface area contributed by atoms with Crippen molar-refractivity contribution in [1.29, 1.82) is 0 Å². The summed E-state index contributed by atoms with van der Waals surface area (Å²) in [5.41, 5.74) is 1.43. The number of hydrogen-bond donors (Lipinski definition) is 2. The fraction of sp³-hybridized carbons (Fsp3) is 0.286. The van der Waals surface area contributed by atoms with Crippen molar-refractivity contribution in [2.75, 3.05) is 6.54 Å². The molecule has 0 aliphatic rings. The van der Waals surface area contributed by atoms with Crippen LogP contribution in [0.15, 0.2) is 54.6 Å². The number of nitrogens with one attached hydrogen (secondary N) is 2. The molecule has 0 fully saturated rings. The fourth-order valence-electron chi connectivity index (χ4n) is 2.44. The molecule has 2 aromatic carbocycles. The van der Waals surface area contributed by atoms with E-state index in [2.05, 4.69) is 10.6 Å². The van der Waals surface area contributed by atoms with Crippen molar-refractivity contribution >= 4 is 17.9 Å². The van der Waals surface area contributed by atoms with Crippen molar-refractivity contribution in [2.24, 2.45) is 0 Å². The highest BCUT2D eigenvalue weighted by Gasteiger charge is 2.29. The molecule has 0 heterocycles. The Morgan fingerprint density at radius 2 is 1.75 bits per heavy atom. The van der Waals surface area contributed by atoms with Crippen molar-refractivity contribution in [2.45, 2.75) is 33.0 Å². The second-order valence-corrected chi connectivity index (χ2v) is 6.15. The maximum absolute atomic E-state index is 12.5. The first kappa shape index (κ1) is 21.0. The van der Waals surface area contributed by atoms with Gasteiger partial charge in [-0.05, 0) is 38.5 Å². The monoisotopic (exact) mass is 384 g/mol. The molecule has 0 spiro atoms. The molecule has 28 heavy (non-hydrogen) atoms. The van der Waals surface area contributed by atoms with Gasteiger partial charge in [-0.2, -0.15) is 0 Å². The first-order valence-corrected chi connectivity index (χ1v) is 8.98. The Hall–Kier alpha value is -3.35. The summed E-state index contributed by atoms with van der Waals surface area (Å²) in [5, 5.41) is 4.63. The minimum Gasteiger partial charge on any atom is -0.479 e. The van der Waals surface area contributed by atoms with Gasteiger partial charge in [-0.15, -0.1) is 0 Å². The van der Waals surface area contributed by atoms with E-state index in [1.54, 1.807) is 49.4 Å². The third-order valence-electron chi connectivity index (χ3n) is 3.78. The quantitative estimate of drug-likeness (QED) is 0.716. The van der Waals surface area contributed by atoms with Crippen LogP contribution in [-0.2, 0) is 14.3 Å². The Balaban J connectivity index is 2.11. The zero-order valence-electron chi connectivity index (χ0n) is 16.1. The molecule has 0 radical (unpaired) electrons. The summed E-state index contributed by atoms with van der Waals surface area (Å²) in [6.45, 7) is 5.53. The molecular formula is C21H24N2O5. The highest BCUT2D eigenvalue weighted by Crippen LogP contribution is 2.20. The van der Waals surface area contributed by atoms with Crippen LogP contribution in [0.5, 0.6) is 5.75 Å². The Morgan fingerprint density at radius 1 is 1.04 bits per heavy atom. The van der Waals surface area contributed by atoms with Crippen molar-refractivity contribution < 1.29 is 23.9 Å². The summed E-state index contributed by atoms with van der Waals surface area (Å²) in [7, 11) is 0. The van der Waals surface area contributed by atoms with Gasteiger partial charge in [0.2, 0.25) is 6.10 Å². The Labute approximate surface area is 164 Å². The minimum absolute atomic E-state index is 0.357. The topological polar surface area (TPSA) is 93.7 Å². The highest BCUT2D eigenvalue weighted by molar-refractivity contribution is 5.97. The molecule has 0 unspecified atom stereocenters. The number of aryl methyl sites for hydroxylation is 1. The molecule has 0 aliphatic carbocycles. The average molecular weight is 384 g/mol. The molecule has 7 heteroatoms. The number of ether oxygens (including phenoxy) is 2. The predicted octanol–water partition coefficient (Wildman–Crippen LogP) is 2.89. The van der Waals surface area contributed by atoms with Gasteiger partial charge in [0, 0.05) is 12.1 Å². The zero-order chi connectivity index (χ0) is 20.5. The van der Waals surface area contributed by atoms with E-state index < -0.39 is 30.1 Å². The average Bonchev–Trinajstić information content (AvgIpc) is 2.66. The first-order chi connectivity index (χ1) is 13.4. The van der Waals surface area contributed by atoms with Crippen LogP contribution < -0.4 is 15.4 Å². The zero-order valence-corrected chi connectivity index (χ0v) is 16.1. The largest absolute Gasteiger partial charge is 0.479 e. The number of imide groups is 1. The van der Waals surface area contributed by atoms with E-state index in [0.29, 0.717) is 17.9 Å². The van der Waals surface area contributed by atoms with Crippen LogP contribution in [0.4, 0.5) is 4.79 Å². The fourth-order valence-corrected chi connectivity index (χ4v) is 2.44. The second kappa shape index (κ2) is 10.1. The van der Waals surface area contributed by atoms with E-state index >= 15 is 0 Å². The summed E-state index contributed by atoms with van der Waals surface area (Å²) in [6.07, 6.45) is -2.22. The lowest BCUT2D eigenvalue weighted by molar-refractivity contribution is -0.162. The third kappa shape index (κ3) is 6.12. The minimum atomic E-state index is -1.28. The third-order valence-corrected chi connectivity index (χ3v) is 3.78. The van der Waals surface area contributed by atoms with Crippen LogP contribution in [0, 0.1) is 6.92 Å². The number of carbonyl (C=O) groups is 3. The maximum atomic E-state index is 12.5. The first-order valence-electron chi connectivity index (χ1n) is 8.98. The molecule has 0 bridgehead atoms. The van der Waals surface area contributed by atoms with E-state index in [1.807, 2.05) is 19.1 Å². The van der Waals surface area contributed by atoms with Gasteiger partial charge in [0.05, 0.1) is 0 Å². The molecule has 0 saturated carbocycles. The molecular weight excluding hydrogens is 360 g/mol. The molecule has 3 amide bonds. The molecule has 2 aromatic rings. The van der Waals surface area contributed by atoms with Gasteiger partial charge < -0.3 is 14.8 Å². The summed E-state index contributed by atoms with van der Waals surface area (Å²) in [6, 6.07) is 15.1. The van der Waals surface area contributed by atoms with Crippen molar-refractivity contribution in [3.05, 3.63) is 65.7 Å². The number of carbonyl (C=O) groups excluding carboxylic acids is 3. The lowest BCUT2D eigenvalue weighted by atomic mass is 10.1. The number of benzene rings is 2. The van der Waals surface area contributed by atoms with Gasteiger partial charge in [0.1, 0.15) is 5.75 Å². The van der Waals surface area contributed by atoms with Gasteiger partial charge in [-0.25, -0.2) is 9.59 Å². The van der Waals surface area contributed by atoms with Gasteiger partial charge >= 0.3 is 12.0 Å². The summed E-state index contributed by atoms with van der Waals surface area (Å²) < 4.78 is 11.0. The smallest absolute Gasteiger partial charge is 0.348 e. The molecule has 0 aromatic heterocycles. The molecule has 2 rings (SSSR count). The van der Waals surface area contributed by atoms with Gasteiger partial charge in [0.25, 0.3) is 5.91 Å². The van der Waals surface area contributed by atoms with E-state index in [9.17, 15) is 14.4 Å². The Morgan fingerprint density at radius 3 is 2.39 bits per heavy atom. The normalized spacial score (nSPS) is 12.4. The Bertz CT molecular complexity index is 823. The lowest BCUT2D eigenvalue weighted by Crippen LogP contribution is -2.43. The highest BCUT2D eigenvalue weighted by atomic mass is 16.6. The predicted molar refractivity (Wildman–Crippen MR) is 104 cm³/mol. The van der Waals surface area contributed by atoms with Crippen LogP contribution in [0.1, 0.15) is 31.1 Å². The van der Waals surface area contributed by atoms with E-state index in [0.717, 1.165) is 5.56 Å². The van der Waals surface area contributed by atoms with Crippen LogP contribution in [0.3, 0.4) is 0 Å². The van der Waals surface area contributed by atoms with Gasteiger partial charge in [0.15, 0.2) is 6.10 Å². The van der Waals surface area contributed by atoms with Crippen molar-refractivity contribution in [3.63, 3.8) is 0 Å². The SMILES string of the molecule is CCNC(=O)NC(=O)[C@H](OC(=O)[C@H](C)Oc1cccc(C)c1)c1ccccc1. The molecule has 2 atom stereocenters. The summed E-state index contributed by atoms with van der Waals surface area (Å²) in [5.74, 6) is -0.942. The lowest BCUT2D eigenvalue weighted by Gasteiger charge is -2.20. The number of urea groups is 1. The number of rotatable bonds is 7. The van der Waals surface area contributed by atoms with Gasteiger partial charge in [-0.1, -0.05) is 42.5 Å². The van der Waals surface area contributed by atoms with E-state index in [1.165, 1.54) is 6.92 Å². The molecule has 2 N–H and O–H groups in total. The van der Waals surface area contributed by atoms with Crippen LogP contribution in [0.2, 0.25) is 0 Å². The Kier molecular flexibility index (Phi) is 7.56. The number of amides is 3. The summed E-state index contributed by atoms with van der Waals surface area (Å²) >= 11 is 0. The summed E-state index contributed by atoms with van der Waals surface area (Å²) in [4.78, 5) is 36.7. The second-order valence-electron chi connectivity index (χ2n) is 6.15. The maximum Gasteiger partial charge on any atom is 0.348 e. The van der Waals surface area contributed by atoms with Gasteiger partial charge in [-0.3, -0.25) is 10.1 Å². The number of hydrogen-bond acceptors (Lipinski definition) is 5. The van der Waals surface area contributed by atoms with Crippen molar-refractivity contribution in [3.8, 4) is 5.75 Å². The van der Waals surface area contributed by atoms with Crippen molar-refractivity contribution in [1.82, 2.24) is 10.6 Å². The molecule has 7 nitrogen and oxygen atoms in total. The van der Waals surface area contributed by atoms with Crippen LogP contribution in [0.25, 0.3) is 0 Å². The standard InChI is InChI=1S/C21H24N2O5/c1-4-22-21(26)23-19(24)18(16-10-6-5-7-11-16)28-20(25)15(3)27-17-12-8-9-14(2)13-17/h5-13,15,18H,4H2,1-3H3,(H2,22,23,24,26)/t15-,18+/m0/s1. The molecule has 0 saturated heterocycles. The van der Waals surface area contributed by atoms with Crippen LogP contribution in [-0.4, -0.2) is 30.6 Å². The van der Waals surface area contributed by atoms with E-state index in [-0.39, 0.29) is 0 Å². The molecule has 0 aliphatic heterocycles.